The fraction of sp³-hybridized carbons (Fsp3) is 0.182. The van der Waals surface area contributed by atoms with Crippen molar-refractivity contribution in [2.24, 2.45) is 0 Å². The fourth-order valence-electron chi connectivity index (χ4n) is 2.23. The molecular weight excluding hydrogens is 342 g/mol. The van der Waals surface area contributed by atoms with E-state index in [4.69, 9.17) is 5.11 Å². The second-order valence-corrected chi connectivity index (χ2v) is 5.76. The molecule has 2 aromatic rings. The number of hydrogen-bond donors (Lipinski definition) is 3. The zero-order chi connectivity index (χ0) is 19.6. The molecule has 5 heteroatoms. The van der Waals surface area contributed by atoms with Gasteiger partial charge in [0.1, 0.15) is 12.6 Å². The average Bonchev–Trinajstić information content (AvgIpc) is 2.69. The second-order valence-electron chi connectivity index (χ2n) is 5.76. The van der Waals surface area contributed by atoms with E-state index in [2.05, 4.69) is 29.0 Å². The van der Waals surface area contributed by atoms with Gasteiger partial charge in [-0.05, 0) is 55.2 Å². The van der Waals surface area contributed by atoms with Gasteiger partial charge in [-0.1, -0.05) is 30.0 Å². The molecule has 0 heterocycles. The number of ketones is 1. The molecule has 0 bridgehead atoms. The summed E-state index contributed by atoms with van der Waals surface area (Å²) in [6.07, 6.45) is -1.11. The Morgan fingerprint density at radius 1 is 0.963 bits per heavy atom. The third-order valence-corrected chi connectivity index (χ3v) is 3.67. The highest BCUT2D eigenvalue weighted by molar-refractivity contribution is 5.98. The van der Waals surface area contributed by atoms with Crippen LogP contribution in [0.3, 0.4) is 0 Å². The molecule has 2 atom stereocenters. The van der Waals surface area contributed by atoms with Crippen LogP contribution in [0.25, 0.3) is 0 Å². The Morgan fingerprint density at radius 3 is 2.04 bits per heavy atom. The van der Waals surface area contributed by atoms with E-state index in [0.29, 0.717) is 11.1 Å². The number of aliphatic hydroxyl groups is 2. The average molecular weight is 361 g/mol. The van der Waals surface area contributed by atoms with Gasteiger partial charge in [0.15, 0.2) is 5.78 Å². The fourth-order valence-corrected chi connectivity index (χ4v) is 2.23. The number of hydrogen-bond acceptors (Lipinski definition) is 4. The van der Waals surface area contributed by atoms with Crippen LogP contribution in [0.15, 0.2) is 54.6 Å². The molecular formula is C22H19NO4. The zero-order valence-electron chi connectivity index (χ0n) is 14.8. The SMILES string of the molecule is C[C@@H](O)[C@H](NC(=O)c1ccc(C#CC#Cc2ccccc2)cc1)C(=O)CO. The van der Waals surface area contributed by atoms with Gasteiger partial charge in [-0.25, -0.2) is 0 Å². The molecule has 0 spiro atoms. The van der Waals surface area contributed by atoms with Crippen molar-refractivity contribution in [3.8, 4) is 23.7 Å². The van der Waals surface area contributed by atoms with E-state index in [1.807, 2.05) is 30.3 Å². The van der Waals surface area contributed by atoms with E-state index in [1.165, 1.54) is 6.92 Å². The van der Waals surface area contributed by atoms with Crippen LogP contribution in [-0.4, -0.2) is 40.7 Å². The lowest BCUT2D eigenvalue weighted by Gasteiger charge is -2.19. The number of carbonyl (C=O) groups excluding carboxylic acids is 2. The highest BCUT2D eigenvalue weighted by Gasteiger charge is 2.25. The molecule has 0 unspecified atom stereocenters. The maximum absolute atomic E-state index is 12.2. The lowest BCUT2D eigenvalue weighted by molar-refractivity contribution is -0.125. The molecule has 0 aromatic heterocycles. The van der Waals surface area contributed by atoms with Gasteiger partial charge in [0.25, 0.3) is 5.91 Å². The summed E-state index contributed by atoms with van der Waals surface area (Å²) in [5.41, 5.74) is 1.88. The summed E-state index contributed by atoms with van der Waals surface area (Å²) in [4.78, 5) is 23.8. The van der Waals surface area contributed by atoms with Crippen LogP contribution in [0.2, 0.25) is 0 Å². The van der Waals surface area contributed by atoms with E-state index >= 15 is 0 Å². The van der Waals surface area contributed by atoms with Crippen LogP contribution in [0.1, 0.15) is 28.4 Å². The Kier molecular flexibility index (Phi) is 7.34. The van der Waals surface area contributed by atoms with Crippen LogP contribution in [0.5, 0.6) is 0 Å². The van der Waals surface area contributed by atoms with Crippen LogP contribution in [0, 0.1) is 23.7 Å². The molecule has 2 rings (SSSR count). The van der Waals surface area contributed by atoms with Crippen molar-refractivity contribution in [3.05, 3.63) is 71.3 Å². The Labute approximate surface area is 158 Å². The van der Waals surface area contributed by atoms with Crippen molar-refractivity contribution in [1.29, 1.82) is 0 Å². The first-order valence-corrected chi connectivity index (χ1v) is 8.31. The van der Waals surface area contributed by atoms with E-state index in [9.17, 15) is 14.7 Å². The third-order valence-electron chi connectivity index (χ3n) is 3.67. The molecule has 0 saturated heterocycles. The smallest absolute Gasteiger partial charge is 0.251 e. The molecule has 5 nitrogen and oxygen atoms in total. The molecule has 0 aliphatic carbocycles. The quantitative estimate of drug-likeness (QED) is 0.697. The molecule has 27 heavy (non-hydrogen) atoms. The molecule has 2 aromatic carbocycles. The number of carbonyl (C=O) groups is 2. The Bertz CT molecular complexity index is 910. The summed E-state index contributed by atoms with van der Waals surface area (Å²) in [6, 6.07) is 14.8. The van der Waals surface area contributed by atoms with Crippen LogP contribution < -0.4 is 5.32 Å². The molecule has 0 radical (unpaired) electrons. The normalized spacial score (nSPS) is 11.8. The number of rotatable bonds is 5. The van der Waals surface area contributed by atoms with Gasteiger partial charge < -0.3 is 15.5 Å². The van der Waals surface area contributed by atoms with Crippen molar-refractivity contribution in [2.75, 3.05) is 6.61 Å². The molecule has 3 N–H and O–H groups in total. The van der Waals surface area contributed by atoms with Crippen LogP contribution in [-0.2, 0) is 4.79 Å². The maximum atomic E-state index is 12.2. The summed E-state index contributed by atoms with van der Waals surface area (Å²) in [5, 5.41) is 20.9. The van der Waals surface area contributed by atoms with E-state index in [-0.39, 0.29) is 0 Å². The van der Waals surface area contributed by atoms with Gasteiger partial charge >= 0.3 is 0 Å². The minimum atomic E-state index is -1.16. The second kappa shape index (κ2) is 9.94. The third kappa shape index (κ3) is 6.13. The first kappa shape index (κ1) is 19.9. The maximum Gasteiger partial charge on any atom is 0.251 e. The minimum Gasteiger partial charge on any atom is -0.391 e. The molecule has 0 aliphatic rings. The monoisotopic (exact) mass is 361 g/mol. The zero-order valence-corrected chi connectivity index (χ0v) is 14.8. The van der Waals surface area contributed by atoms with Crippen LogP contribution >= 0.6 is 0 Å². The minimum absolute atomic E-state index is 0.312. The molecule has 0 aliphatic heterocycles. The number of Topliss-reactive ketones (excluding diaryl/α,β-unsaturated/α-hetero) is 1. The number of benzene rings is 2. The molecule has 0 saturated carbocycles. The summed E-state index contributed by atoms with van der Waals surface area (Å²) in [7, 11) is 0. The number of amides is 1. The van der Waals surface area contributed by atoms with Gasteiger partial charge in [0, 0.05) is 16.7 Å². The van der Waals surface area contributed by atoms with Gasteiger partial charge in [-0.15, -0.1) is 0 Å². The van der Waals surface area contributed by atoms with Gasteiger partial charge in [0.2, 0.25) is 0 Å². The highest BCUT2D eigenvalue weighted by atomic mass is 16.3. The van der Waals surface area contributed by atoms with E-state index in [1.54, 1.807) is 24.3 Å². The first-order valence-electron chi connectivity index (χ1n) is 8.31. The largest absolute Gasteiger partial charge is 0.391 e. The van der Waals surface area contributed by atoms with Crippen molar-refractivity contribution >= 4 is 11.7 Å². The summed E-state index contributed by atoms with van der Waals surface area (Å²) in [5.74, 6) is 10.2. The number of nitrogens with one attached hydrogen (secondary N) is 1. The molecule has 1 amide bonds. The summed E-state index contributed by atoms with van der Waals surface area (Å²) in [6.45, 7) is 0.613. The predicted octanol–water partition coefficient (Wildman–Crippen LogP) is 1.13. The first-order chi connectivity index (χ1) is 13.0. The Morgan fingerprint density at radius 2 is 1.52 bits per heavy atom. The van der Waals surface area contributed by atoms with Crippen LogP contribution in [0.4, 0.5) is 0 Å². The van der Waals surface area contributed by atoms with Gasteiger partial charge in [-0.2, -0.15) is 0 Å². The lowest BCUT2D eigenvalue weighted by Crippen LogP contribution is -2.48. The van der Waals surface area contributed by atoms with Gasteiger partial charge in [0.05, 0.1) is 6.10 Å². The Balaban J connectivity index is 2.03. The Hall–Kier alpha value is -3.38. The van der Waals surface area contributed by atoms with Crippen molar-refractivity contribution in [1.82, 2.24) is 5.32 Å². The predicted molar refractivity (Wildman–Crippen MR) is 102 cm³/mol. The molecule has 0 fully saturated rings. The summed E-state index contributed by atoms with van der Waals surface area (Å²) < 4.78 is 0. The van der Waals surface area contributed by atoms with Crippen molar-refractivity contribution in [2.45, 2.75) is 19.1 Å². The van der Waals surface area contributed by atoms with Crippen molar-refractivity contribution in [3.63, 3.8) is 0 Å². The highest BCUT2D eigenvalue weighted by Crippen LogP contribution is 2.05. The molecule has 136 valence electrons. The van der Waals surface area contributed by atoms with Gasteiger partial charge in [-0.3, -0.25) is 9.59 Å². The lowest BCUT2D eigenvalue weighted by atomic mass is 10.1. The number of aliphatic hydroxyl groups excluding tert-OH is 2. The van der Waals surface area contributed by atoms with Crippen molar-refractivity contribution < 1.29 is 19.8 Å². The summed E-state index contributed by atoms with van der Waals surface area (Å²) >= 11 is 0. The topological polar surface area (TPSA) is 86.6 Å². The van der Waals surface area contributed by atoms with E-state index in [0.717, 1.165) is 5.56 Å². The standard InChI is InChI=1S/C22H19NO4/c1-16(25)21(20(26)15-24)23-22(27)19-13-11-18(12-14-19)10-6-5-9-17-7-3-2-4-8-17/h2-4,7-8,11-14,16,21,24-25H,15H2,1H3,(H,23,27)/t16-,21+/m1/s1. The van der Waals surface area contributed by atoms with E-state index < -0.39 is 30.4 Å².